The molecule has 4 nitrogen and oxygen atoms in total. The third-order valence-corrected chi connectivity index (χ3v) is 3.57. The van der Waals surface area contributed by atoms with E-state index in [9.17, 15) is 9.18 Å². The van der Waals surface area contributed by atoms with E-state index in [2.05, 4.69) is 0 Å². The van der Waals surface area contributed by atoms with E-state index in [-0.39, 0.29) is 11.6 Å². The Morgan fingerprint density at radius 3 is 2.65 bits per heavy atom. The number of hydrogen-bond acceptors (Lipinski definition) is 3. The highest BCUT2D eigenvalue weighted by Crippen LogP contribution is 2.28. The lowest BCUT2D eigenvalue weighted by Crippen LogP contribution is -2.27. The first kappa shape index (κ1) is 17.3. The first-order chi connectivity index (χ1) is 11.0. The van der Waals surface area contributed by atoms with Crippen molar-refractivity contribution in [2.75, 3.05) is 0 Å². The van der Waals surface area contributed by atoms with Gasteiger partial charge in [-0.1, -0.05) is 35.3 Å². The molecule has 0 aromatic heterocycles. The van der Waals surface area contributed by atoms with E-state index in [0.29, 0.717) is 21.9 Å². The highest BCUT2D eigenvalue weighted by atomic mass is 35.5. The van der Waals surface area contributed by atoms with Crippen molar-refractivity contribution in [1.29, 1.82) is 0 Å². The zero-order valence-electron chi connectivity index (χ0n) is 11.9. The molecule has 0 atom stereocenters. The fraction of sp³-hybridized carbons (Fsp3) is 0.0625. The predicted octanol–water partition coefficient (Wildman–Crippen LogP) is 3.71. The van der Waals surface area contributed by atoms with Crippen LogP contribution in [0.1, 0.15) is 11.1 Å². The summed E-state index contributed by atoms with van der Waals surface area (Å²) in [5, 5.41) is 0.659. The molecule has 0 bridgehead atoms. The fourth-order valence-electron chi connectivity index (χ4n) is 1.75. The first-order valence-electron chi connectivity index (χ1n) is 6.54. The standard InChI is InChI=1S/C16H13Cl2FN2O2/c17-13-8-12(19)4-3-11(13)9-23-15-5-1-10(7-14(15)18)2-6-16(22)21-20/h1-8H,9,20H2,(H,21,22)/b6-2+. The molecule has 0 aliphatic carbocycles. The molecule has 7 heteroatoms. The van der Waals surface area contributed by atoms with Crippen molar-refractivity contribution >= 4 is 35.2 Å². The van der Waals surface area contributed by atoms with Gasteiger partial charge in [-0.25, -0.2) is 10.2 Å². The maximum atomic E-state index is 13.0. The van der Waals surface area contributed by atoms with E-state index in [0.717, 1.165) is 0 Å². The average Bonchev–Trinajstić information content (AvgIpc) is 2.53. The SMILES string of the molecule is NNC(=O)/C=C/c1ccc(OCc2ccc(F)cc2Cl)c(Cl)c1. The molecule has 23 heavy (non-hydrogen) atoms. The summed E-state index contributed by atoms with van der Waals surface area (Å²) in [6, 6.07) is 9.12. The van der Waals surface area contributed by atoms with Gasteiger partial charge in [-0.15, -0.1) is 0 Å². The van der Waals surface area contributed by atoms with Crippen molar-refractivity contribution in [3.8, 4) is 5.75 Å². The van der Waals surface area contributed by atoms with Gasteiger partial charge in [0.1, 0.15) is 18.2 Å². The van der Waals surface area contributed by atoms with Crippen LogP contribution in [-0.4, -0.2) is 5.91 Å². The van der Waals surface area contributed by atoms with Crippen molar-refractivity contribution in [3.63, 3.8) is 0 Å². The van der Waals surface area contributed by atoms with Crippen LogP contribution in [0.4, 0.5) is 4.39 Å². The second kappa shape index (κ2) is 7.97. The minimum Gasteiger partial charge on any atom is -0.487 e. The smallest absolute Gasteiger partial charge is 0.257 e. The van der Waals surface area contributed by atoms with Gasteiger partial charge in [-0.05, 0) is 35.9 Å². The molecule has 0 unspecified atom stereocenters. The van der Waals surface area contributed by atoms with E-state index in [1.807, 2.05) is 5.43 Å². The van der Waals surface area contributed by atoms with Crippen LogP contribution in [0.25, 0.3) is 6.08 Å². The third-order valence-electron chi connectivity index (χ3n) is 2.92. The van der Waals surface area contributed by atoms with Gasteiger partial charge in [0.15, 0.2) is 0 Å². The quantitative estimate of drug-likeness (QED) is 0.372. The number of nitrogens with two attached hydrogens (primary N) is 1. The Kier molecular flexibility index (Phi) is 5.98. The molecule has 0 aliphatic rings. The molecule has 0 heterocycles. The number of amides is 1. The maximum Gasteiger partial charge on any atom is 0.257 e. The molecule has 1 amide bonds. The molecule has 0 aliphatic heterocycles. The fourth-order valence-corrected chi connectivity index (χ4v) is 2.22. The molecule has 2 rings (SSSR count). The summed E-state index contributed by atoms with van der Waals surface area (Å²) in [6.45, 7) is 0.156. The van der Waals surface area contributed by atoms with Crippen LogP contribution >= 0.6 is 23.2 Å². The number of carbonyl (C=O) groups is 1. The second-order valence-electron chi connectivity index (χ2n) is 4.56. The van der Waals surface area contributed by atoms with Gasteiger partial charge in [-0.3, -0.25) is 10.2 Å². The molecule has 120 valence electrons. The number of halogens is 3. The topological polar surface area (TPSA) is 64.3 Å². The number of hydrazine groups is 1. The lowest BCUT2D eigenvalue weighted by atomic mass is 10.2. The number of rotatable bonds is 5. The molecule has 0 saturated carbocycles. The van der Waals surface area contributed by atoms with Crippen molar-refractivity contribution in [2.45, 2.75) is 6.61 Å². The number of benzene rings is 2. The highest BCUT2D eigenvalue weighted by Gasteiger charge is 2.06. The summed E-state index contributed by atoms with van der Waals surface area (Å²) < 4.78 is 18.6. The molecule has 0 fully saturated rings. The molecular formula is C16H13Cl2FN2O2. The Morgan fingerprint density at radius 1 is 1.22 bits per heavy atom. The number of hydrogen-bond donors (Lipinski definition) is 2. The van der Waals surface area contributed by atoms with Gasteiger partial charge < -0.3 is 4.74 Å². The summed E-state index contributed by atoms with van der Waals surface area (Å²) in [5.41, 5.74) is 3.35. The van der Waals surface area contributed by atoms with Gasteiger partial charge in [0.25, 0.3) is 5.91 Å². The summed E-state index contributed by atoms with van der Waals surface area (Å²) >= 11 is 12.1. The Labute approximate surface area is 142 Å². The van der Waals surface area contributed by atoms with Crippen LogP contribution in [0.15, 0.2) is 42.5 Å². The van der Waals surface area contributed by atoms with E-state index in [1.165, 1.54) is 18.2 Å². The minimum absolute atomic E-state index is 0.156. The zero-order chi connectivity index (χ0) is 16.8. The number of nitrogens with one attached hydrogen (secondary N) is 1. The van der Waals surface area contributed by atoms with Gasteiger partial charge in [0.2, 0.25) is 0 Å². The molecule has 2 aromatic carbocycles. The zero-order valence-corrected chi connectivity index (χ0v) is 13.4. The normalized spacial score (nSPS) is 10.8. The Bertz CT molecular complexity index is 751. The molecule has 3 N–H and O–H groups in total. The number of carbonyl (C=O) groups excluding carboxylic acids is 1. The lowest BCUT2D eigenvalue weighted by Gasteiger charge is -2.10. The average molecular weight is 355 g/mol. The Morgan fingerprint density at radius 2 is 2.00 bits per heavy atom. The molecule has 0 radical (unpaired) electrons. The summed E-state index contributed by atoms with van der Waals surface area (Å²) in [4.78, 5) is 11.0. The maximum absolute atomic E-state index is 13.0. The summed E-state index contributed by atoms with van der Waals surface area (Å²) in [7, 11) is 0. The molecule has 0 saturated heterocycles. The van der Waals surface area contributed by atoms with Crippen LogP contribution in [0.5, 0.6) is 5.75 Å². The van der Waals surface area contributed by atoms with Gasteiger partial charge in [0, 0.05) is 11.6 Å². The molecular weight excluding hydrogens is 342 g/mol. The van der Waals surface area contributed by atoms with Crippen LogP contribution in [0.3, 0.4) is 0 Å². The third kappa shape index (κ3) is 4.96. The summed E-state index contributed by atoms with van der Waals surface area (Å²) in [5.74, 6) is 4.60. The Balaban J connectivity index is 2.06. The van der Waals surface area contributed by atoms with Crippen LogP contribution in [-0.2, 0) is 11.4 Å². The van der Waals surface area contributed by atoms with E-state index in [4.69, 9.17) is 33.8 Å². The van der Waals surface area contributed by atoms with E-state index >= 15 is 0 Å². The van der Waals surface area contributed by atoms with Crippen LogP contribution in [0.2, 0.25) is 10.0 Å². The molecule has 2 aromatic rings. The Hall–Kier alpha value is -2.08. The monoisotopic (exact) mass is 354 g/mol. The van der Waals surface area contributed by atoms with Gasteiger partial charge >= 0.3 is 0 Å². The number of ether oxygens (including phenoxy) is 1. The summed E-state index contributed by atoms with van der Waals surface area (Å²) in [6.07, 6.45) is 2.85. The van der Waals surface area contributed by atoms with Crippen LogP contribution < -0.4 is 16.0 Å². The van der Waals surface area contributed by atoms with Crippen molar-refractivity contribution in [3.05, 3.63) is 69.5 Å². The van der Waals surface area contributed by atoms with Crippen molar-refractivity contribution in [2.24, 2.45) is 5.84 Å². The molecule has 0 spiro atoms. The first-order valence-corrected chi connectivity index (χ1v) is 7.30. The van der Waals surface area contributed by atoms with E-state index < -0.39 is 11.7 Å². The van der Waals surface area contributed by atoms with Crippen molar-refractivity contribution < 1.29 is 13.9 Å². The lowest BCUT2D eigenvalue weighted by molar-refractivity contribution is -0.116. The van der Waals surface area contributed by atoms with Gasteiger partial charge in [-0.2, -0.15) is 0 Å². The van der Waals surface area contributed by atoms with Gasteiger partial charge in [0.05, 0.1) is 10.0 Å². The van der Waals surface area contributed by atoms with Crippen molar-refractivity contribution in [1.82, 2.24) is 5.43 Å². The second-order valence-corrected chi connectivity index (χ2v) is 5.37. The predicted molar refractivity (Wildman–Crippen MR) is 88.6 cm³/mol. The largest absolute Gasteiger partial charge is 0.487 e. The highest BCUT2D eigenvalue weighted by molar-refractivity contribution is 6.32. The minimum atomic E-state index is -0.424. The van der Waals surface area contributed by atoms with E-state index in [1.54, 1.807) is 30.3 Å². The van der Waals surface area contributed by atoms with Crippen LogP contribution in [0, 0.1) is 5.82 Å².